The van der Waals surface area contributed by atoms with Gasteiger partial charge >= 0.3 is 0 Å². The average Bonchev–Trinajstić information content (AvgIpc) is 3.28. The van der Waals surface area contributed by atoms with Crippen LogP contribution in [0.15, 0.2) is 77.7 Å². The van der Waals surface area contributed by atoms with Gasteiger partial charge in [-0.3, -0.25) is 5.41 Å². The number of para-hydroxylation sites is 1. The molecule has 0 spiro atoms. The number of fused-ring (bicyclic) bond motifs is 1. The van der Waals surface area contributed by atoms with Crippen molar-refractivity contribution in [3.05, 3.63) is 88.9 Å². The Balaban J connectivity index is 1.70. The summed E-state index contributed by atoms with van der Waals surface area (Å²) < 4.78 is 30.8. The average molecular weight is 510 g/mol. The van der Waals surface area contributed by atoms with E-state index in [4.69, 9.17) is 16.1 Å². The molecule has 0 saturated carbocycles. The topological polar surface area (TPSA) is 132 Å². The Morgan fingerprint density at radius 1 is 1.14 bits per heavy atom. The Bertz CT molecular complexity index is 1420. The number of nitrogens with zero attached hydrogens (tertiary/aromatic N) is 2. The number of likely N-dealkylation sites (N-methyl/N-ethyl adjacent to an activating group) is 1. The molecule has 1 atom stereocenters. The maximum atomic E-state index is 13.5. The number of benzene rings is 3. The second-order valence-corrected chi connectivity index (χ2v) is 10.9. The SMILES string of the molecule is CN(CCO)c1cccc(S(=O)(=O)NC(Cc2cccc(C(=N)N)c2)c2nc3ccccc3s2)c1. The third kappa shape index (κ3) is 5.85. The summed E-state index contributed by atoms with van der Waals surface area (Å²) in [5.74, 6) is -0.0484. The third-order valence-electron chi connectivity index (χ3n) is 5.59. The number of aromatic nitrogens is 1. The monoisotopic (exact) mass is 509 g/mol. The number of thiazole rings is 1. The second-order valence-electron chi connectivity index (χ2n) is 8.15. The highest BCUT2D eigenvalue weighted by atomic mass is 32.2. The van der Waals surface area contributed by atoms with Crippen LogP contribution in [0.5, 0.6) is 0 Å². The summed E-state index contributed by atoms with van der Waals surface area (Å²) in [5, 5.41) is 17.6. The number of aliphatic hydroxyl groups is 1. The molecule has 0 aliphatic heterocycles. The molecular formula is C25H27N5O3S2. The van der Waals surface area contributed by atoms with Gasteiger partial charge in [0.05, 0.1) is 27.8 Å². The first-order chi connectivity index (χ1) is 16.8. The van der Waals surface area contributed by atoms with Crippen molar-refractivity contribution in [2.75, 3.05) is 25.1 Å². The number of sulfonamides is 1. The van der Waals surface area contributed by atoms with Gasteiger partial charge in [-0.05, 0) is 48.4 Å². The van der Waals surface area contributed by atoms with Gasteiger partial charge in [0.25, 0.3) is 0 Å². The molecule has 3 aromatic carbocycles. The lowest BCUT2D eigenvalue weighted by atomic mass is 10.0. The molecule has 5 N–H and O–H groups in total. The van der Waals surface area contributed by atoms with Crippen LogP contribution in [0.3, 0.4) is 0 Å². The van der Waals surface area contributed by atoms with Gasteiger partial charge in [0.1, 0.15) is 10.8 Å². The molecule has 1 heterocycles. The van der Waals surface area contributed by atoms with Crippen molar-refractivity contribution in [3.8, 4) is 0 Å². The van der Waals surface area contributed by atoms with E-state index in [1.54, 1.807) is 54.4 Å². The Morgan fingerprint density at radius 2 is 1.91 bits per heavy atom. The Kier molecular flexibility index (Phi) is 7.46. The number of nitrogens with one attached hydrogen (secondary N) is 2. The molecule has 0 bridgehead atoms. The number of hydrogen-bond donors (Lipinski definition) is 4. The van der Waals surface area contributed by atoms with Crippen LogP contribution in [0.4, 0.5) is 5.69 Å². The van der Waals surface area contributed by atoms with E-state index < -0.39 is 16.1 Å². The van der Waals surface area contributed by atoms with Crippen LogP contribution in [0.1, 0.15) is 22.2 Å². The highest BCUT2D eigenvalue weighted by Gasteiger charge is 2.25. The molecule has 10 heteroatoms. The smallest absolute Gasteiger partial charge is 0.241 e. The van der Waals surface area contributed by atoms with Crippen LogP contribution >= 0.6 is 11.3 Å². The minimum absolute atomic E-state index is 0.0370. The lowest BCUT2D eigenvalue weighted by Crippen LogP contribution is -2.30. The number of anilines is 1. The van der Waals surface area contributed by atoms with Crippen molar-refractivity contribution < 1.29 is 13.5 Å². The summed E-state index contributed by atoms with van der Waals surface area (Å²) in [6.07, 6.45) is 0.338. The second kappa shape index (κ2) is 10.5. The lowest BCUT2D eigenvalue weighted by molar-refractivity contribution is 0.304. The Hall–Kier alpha value is -3.31. The quantitative estimate of drug-likeness (QED) is 0.192. The number of amidine groups is 1. The molecule has 0 aliphatic rings. The molecule has 4 rings (SSSR count). The molecule has 182 valence electrons. The maximum absolute atomic E-state index is 13.5. The van der Waals surface area contributed by atoms with E-state index in [0.717, 1.165) is 15.8 Å². The Morgan fingerprint density at radius 3 is 2.66 bits per heavy atom. The lowest BCUT2D eigenvalue weighted by Gasteiger charge is -2.20. The fraction of sp³-hybridized carbons (Fsp3) is 0.200. The molecule has 8 nitrogen and oxygen atoms in total. The normalized spacial score (nSPS) is 12.5. The first-order valence-corrected chi connectivity index (χ1v) is 13.3. The van der Waals surface area contributed by atoms with Crippen molar-refractivity contribution in [3.63, 3.8) is 0 Å². The molecular weight excluding hydrogens is 482 g/mol. The predicted molar refractivity (Wildman–Crippen MR) is 141 cm³/mol. The standard InChI is InChI=1S/C25H27N5O3S2/c1-30(12-13-31)19-8-5-9-20(16-19)35(32,33)29-22(15-17-6-4-7-18(14-17)24(26)27)25-28-21-10-2-3-11-23(21)34-25/h2-11,14,16,22,29,31H,12-13,15H2,1H3,(H3,26,27). The fourth-order valence-corrected chi connectivity index (χ4v) is 6.08. The number of nitrogen functional groups attached to an aromatic ring is 1. The van der Waals surface area contributed by atoms with Crippen molar-refractivity contribution >= 4 is 43.1 Å². The molecule has 0 saturated heterocycles. The zero-order valence-electron chi connectivity index (χ0n) is 19.2. The highest BCUT2D eigenvalue weighted by molar-refractivity contribution is 7.89. The fourth-order valence-electron chi connectivity index (χ4n) is 3.74. The van der Waals surface area contributed by atoms with Gasteiger partial charge in [0.2, 0.25) is 10.0 Å². The summed E-state index contributed by atoms with van der Waals surface area (Å²) in [6.45, 7) is 0.350. The molecule has 1 aromatic heterocycles. The number of nitrogens with two attached hydrogens (primary N) is 1. The number of rotatable bonds is 10. The van der Waals surface area contributed by atoms with E-state index in [2.05, 4.69) is 4.72 Å². The van der Waals surface area contributed by atoms with Gasteiger partial charge in [-0.15, -0.1) is 11.3 Å². The van der Waals surface area contributed by atoms with Gasteiger partial charge in [-0.2, -0.15) is 0 Å². The third-order valence-corrected chi connectivity index (χ3v) is 8.21. The number of hydrogen-bond acceptors (Lipinski definition) is 7. The van der Waals surface area contributed by atoms with Crippen molar-refractivity contribution in [1.82, 2.24) is 9.71 Å². The van der Waals surface area contributed by atoms with Gasteiger partial charge in [-0.1, -0.05) is 36.4 Å². The minimum atomic E-state index is -3.90. The Labute approximate surface area is 208 Å². The first kappa shape index (κ1) is 24.8. The van der Waals surface area contributed by atoms with E-state index in [9.17, 15) is 13.5 Å². The summed E-state index contributed by atoms with van der Waals surface area (Å²) in [4.78, 5) is 6.62. The molecule has 0 amide bonds. The van der Waals surface area contributed by atoms with Gasteiger partial charge in [0, 0.05) is 24.8 Å². The summed E-state index contributed by atoms with van der Waals surface area (Å²) in [7, 11) is -2.11. The number of aliphatic hydroxyl groups excluding tert-OH is 1. The van der Waals surface area contributed by atoms with Crippen LogP contribution in [-0.4, -0.2) is 44.5 Å². The molecule has 0 radical (unpaired) electrons. The zero-order valence-corrected chi connectivity index (χ0v) is 20.8. The molecule has 0 fully saturated rings. The molecule has 1 unspecified atom stereocenters. The van der Waals surface area contributed by atoms with Crippen molar-refractivity contribution in [2.24, 2.45) is 5.73 Å². The molecule has 0 aliphatic carbocycles. The van der Waals surface area contributed by atoms with Crippen LogP contribution < -0.4 is 15.4 Å². The van der Waals surface area contributed by atoms with Crippen LogP contribution in [0.25, 0.3) is 10.2 Å². The van der Waals surface area contributed by atoms with Gasteiger partial charge in [-0.25, -0.2) is 18.1 Å². The highest BCUT2D eigenvalue weighted by Crippen LogP contribution is 2.30. The first-order valence-electron chi connectivity index (χ1n) is 11.0. The zero-order chi connectivity index (χ0) is 25.0. The van der Waals surface area contributed by atoms with Crippen LogP contribution in [0, 0.1) is 5.41 Å². The van der Waals surface area contributed by atoms with E-state index >= 15 is 0 Å². The van der Waals surface area contributed by atoms with Crippen LogP contribution in [-0.2, 0) is 16.4 Å². The van der Waals surface area contributed by atoms with Crippen LogP contribution in [0.2, 0.25) is 0 Å². The minimum Gasteiger partial charge on any atom is -0.395 e. The van der Waals surface area contributed by atoms with E-state index in [1.165, 1.54) is 11.3 Å². The van der Waals surface area contributed by atoms with Crippen molar-refractivity contribution in [1.29, 1.82) is 5.41 Å². The van der Waals surface area contributed by atoms with E-state index in [1.807, 2.05) is 30.3 Å². The van der Waals surface area contributed by atoms with Crippen molar-refractivity contribution in [2.45, 2.75) is 17.4 Å². The summed E-state index contributed by atoms with van der Waals surface area (Å²) >= 11 is 1.44. The van der Waals surface area contributed by atoms with Gasteiger partial charge in [0.15, 0.2) is 0 Å². The largest absolute Gasteiger partial charge is 0.395 e. The molecule has 4 aromatic rings. The van der Waals surface area contributed by atoms with E-state index in [-0.39, 0.29) is 17.3 Å². The summed E-state index contributed by atoms with van der Waals surface area (Å²) in [5.41, 5.74) is 8.56. The maximum Gasteiger partial charge on any atom is 0.241 e. The predicted octanol–water partition coefficient (Wildman–Crippen LogP) is 3.27. The van der Waals surface area contributed by atoms with E-state index in [0.29, 0.717) is 29.2 Å². The van der Waals surface area contributed by atoms with Gasteiger partial charge < -0.3 is 15.7 Å². The molecule has 35 heavy (non-hydrogen) atoms. The summed E-state index contributed by atoms with van der Waals surface area (Å²) in [6, 6.07) is 20.9.